The first-order valence-electron chi connectivity index (χ1n) is 8.02. The maximum Gasteiger partial charge on any atom is 0.419 e. The Morgan fingerprint density at radius 2 is 1.88 bits per heavy atom. The number of hydrogen-bond acceptors (Lipinski definition) is 6. The third-order valence-electron chi connectivity index (χ3n) is 3.22. The van der Waals surface area contributed by atoms with Crippen molar-refractivity contribution in [2.75, 3.05) is 6.61 Å². The number of nitrogens with one attached hydrogen (secondary N) is 2. The maximum atomic E-state index is 11.8. The van der Waals surface area contributed by atoms with Crippen LogP contribution in [0.1, 0.15) is 27.2 Å². The van der Waals surface area contributed by atoms with Crippen LogP contribution in [-0.4, -0.2) is 34.6 Å². The summed E-state index contributed by atoms with van der Waals surface area (Å²) in [5.74, 6) is -1.99. The molecule has 0 aliphatic rings. The summed E-state index contributed by atoms with van der Waals surface area (Å²) in [6, 6.07) is 6.16. The van der Waals surface area contributed by atoms with Gasteiger partial charge in [0.15, 0.2) is 12.2 Å². The van der Waals surface area contributed by atoms with Gasteiger partial charge < -0.3 is 14.5 Å². The maximum absolute atomic E-state index is 11.8. The summed E-state index contributed by atoms with van der Waals surface area (Å²) in [5.41, 5.74) is 0.499. The largest absolute Gasteiger partial charge is 0.456 e. The van der Waals surface area contributed by atoms with Crippen LogP contribution in [-0.2, 0) is 20.9 Å². The molecule has 1 heterocycles. The van der Waals surface area contributed by atoms with Crippen molar-refractivity contribution in [3.05, 3.63) is 34.8 Å². The predicted octanol–water partition coefficient (Wildman–Crippen LogP) is 1.15. The first-order valence-corrected chi connectivity index (χ1v) is 8.02. The Hall–Kier alpha value is -3.10. The van der Waals surface area contributed by atoms with E-state index >= 15 is 0 Å². The molecule has 0 radical (unpaired) electrons. The van der Waals surface area contributed by atoms with Crippen molar-refractivity contribution in [1.29, 1.82) is 0 Å². The molecule has 1 aromatic carbocycles. The van der Waals surface area contributed by atoms with Gasteiger partial charge in [-0.1, -0.05) is 12.1 Å². The normalized spacial score (nSPS) is 11.2. The molecule has 0 saturated heterocycles. The molecule has 1 aromatic heterocycles. The van der Waals surface area contributed by atoms with Gasteiger partial charge in [-0.05, 0) is 32.9 Å². The molecule has 3 amide bonds. The van der Waals surface area contributed by atoms with E-state index in [4.69, 9.17) is 9.15 Å². The molecule has 9 heteroatoms. The number of hydrogen-bond donors (Lipinski definition) is 2. The molecule has 2 N–H and O–H groups in total. The molecule has 0 unspecified atom stereocenters. The van der Waals surface area contributed by atoms with Crippen LogP contribution in [0.25, 0.3) is 11.1 Å². The zero-order valence-electron chi connectivity index (χ0n) is 14.8. The van der Waals surface area contributed by atoms with E-state index in [1.165, 1.54) is 4.57 Å². The average Bonchev–Trinajstić information content (AvgIpc) is 2.84. The Labute approximate surface area is 149 Å². The number of benzene rings is 1. The molecule has 0 saturated carbocycles. The Morgan fingerprint density at radius 3 is 2.58 bits per heavy atom. The highest BCUT2D eigenvalue weighted by atomic mass is 16.5. The summed E-state index contributed by atoms with van der Waals surface area (Å²) in [5, 5.41) is 4.60. The molecular weight excluding hydrogens is 342 g/mol. The minimum atomic E-state index is -0.744. The van der Waals surface area contributed by atoms with Crippen molar-refractivity contribution in [2.45, 2.75) is 39.3 Å². The lowest BCUT2D eigenvalue weighted by atomic mass is 10.1. The van der Waals surface area contributed by atoms with E-state index in [0.29, 0.717) is 11.1 Å². The fraction of sp³-hybridized carbons (Fsp3) is 0.412. The molecule has 0 bridgehead atoms. The molecular formula is C17H21N3O6. The van der Waals surface area contributed by atoms with Crippen LogP contribution in [0.5, 0.6) is 0 Å². The van der Waals surface area contributed by atoms with Crippen LogP contribution in [0.15, 0.2) is 33.5 Å². The van der Waals surface area contributed by atoms with Crippen LogP contribution in [0.3, 0.4) is 0 Å². The first kappa shape index (κ1) is 19.2. The van der Waals surface area contributed by atoms with Crippen molar-refractivity contribution in [3.63, 3.8) is 0 Å². The topological polar surface area (TPSA) is 120 Å². The molecule has 0 atom stereocenters. The van der Waals surface area contributed by atoms with Gasteiger partial charge >= 0.3 is 17.8 Å². The Kier molecular flexibility index (Phi) is 5.81. The number of carbonyl (C=O) groups excluding carboxylic acids is 3. The van der Waals surface area contributed by atoms with Gasteiger partial charge in [0.05, 0.1) is 11.9 Å². The molecule has 0 spiro atoms. The molecule has 2 aromatic rings. The van der Waals surface area contributed by atoms with Crippen molar-refractivity contribution in [1.82, 2.24) is 15.2 Å². The number of ether oxygens (including phenoxy) is 1. The quantitative estimate of drug-likeness (QED) is 0.769. The highest BCUT2D eigenvalue weighted by molar-refractivity contribution is 5.95. The van der Waals surface area contributed by atoms with E-state index < -0.39 is 35.8 Å². The number of oxazole rings is 1. The standard InChI is InChI=1S/C17H21N3O6/c1-17(2,3)19-15(23)18-13(21)10-25-14(22)8-9-20-11-6-4-5-7-12(11)26-16(20)24/h4-7H,8-10H2,1-3H3,(H2,18,19,21,23). The summed E-state index contributed by atoms with van der Waals surface area (Å²) in [6.45, 7) is 4.76. The SMILES string of the molecule is CC(C)(C)NC(=O)NC(=O)COC(=O)CCn1c(=O)oc2ccccc21. The second-order valence-electron chi connectivity index (χ2n) is 6.65. The molecule has 0 fully saturated rings. The van der Waals surface area contributed by atoms with Crippen LogP contribution < -0.4 is 16.4 Å². The molecule has 9 nitrogen and oxygen atoms in total. The third-order valence-corrected chi connectivity index (χ3v) is 3.22. The fourth-order valence-electron chi connectivity index (χ4n) is 2.18. The van der Waals surface area contributed by atoms with E-state index in [1.807, 2.05) is 0 Å². The lowest BCUT2D eigenvalue weighted by molar-refractivity contribution is -0.148. The number of aromatic nitrogens is 1. The van der Waals surface area contributed by atoms with Gasteiger partial charge in [0.25, 0.3) is 5.91 Å². The minimum Gasteiger partial charge on any atom is -0.456 e. The Balaban J connectivity index is 1.80. The number of urea groups is 1. The van der Waals surface area contributed by atoms with E-state index in [-0.39, 0.29) is 13.0 Å². The summed E-state index contributed by atoms with van der Waals surface area (Å²) >= 11 is 0. The van der Waals surface area contributed by atoms with Gasteiger partial charge in [-0.15, -0.1) is 0 Å². The lowest BCUT2D eigenvalue weighted by Gasteiger charge is -2.20. The third kappa shape index (κ3) is 5.47. The minimum absolute atomic E-state index is 0.0564. The van der Waals surface area contributed by atoms with Gasteiger partial charge in [-0.2, -0.15) is 0 Å². The molecule has 0 aliphatic carbocycles. The second kappa shape index (κ2) is 7.85. The van der Waals surface area contributed by atoms with E-state index in [2.05, 4.69) is 10.6 Å². The number of nitrogens with zero attached hydrogens (tertiary/aromatic N) is 1. The zero-order chi connectivity index (χ0) is 19.3. The van der Waals surface area contributed by atoms with E-state index in [1.54, 1.807) is 45.0 Å². The lowest BCUT2D eigenvalue weighted by Crippen LogP contribution is -2.49. The van der Waals surface area contributed by atoms with Crippen LogP contribution in [0.2, 0.25) is 0 Å². The van der Waals surface area contributed by atoms with Crippen molar-refractivity contribution in [3.8, 4) is 0 Å². The number of rotatable bonds is 5. The van der Waals surface area contributed by atoms with Crippen molar-refractivity contribution >= 4 is 29.0 Å². The van der Waals surface area contributed by atoms with Gasteiger partial charge in [0.1, 0.15) is 0 Å². The summed E-state index contributed by atoms with van der Waals surface area (Å²) in [6.07, 6.45) is -0.120. The molecule has 2 rings (SSSR count). The molecule has 26 heavy (non-hydrogen) atoms. The predicted molar refractivity (Wildman–Crippen MR) is 92.5 cm³/mol. The number of imide groups is 1. The fourth-order valence-corrected chi connectivity index (χ4v) is 2.18. The Bertz CT molecular complexity index is 874. The zero-order valence-corrected chi connectivity index (χ0v) is 14.8. The number of esters is 1. The van der Waals surface area contributed by atoms with Gasteiger partial charge in [-0.25, -0.2) is 9.59 Å². The van der Waals surface area contributed by atoms with Gasteiger partial charge in [0.2, 0.25) is 0 Å². The molecule has 0 aliphatic heterocycles. The van der Waals surface area contributed by atoms with Crippen LogP contribution >= 0.6 is 0 Å². The number of para-hydroxylation sites is 2. The van der Waals surface area contributed by atoms with Crippen LogP contribution in [0, 0.1) is 0 Å². The smallest absolute Gasteiger partial charge is 0.419 e. The number of aryl methyl sites for hydroxylation is 1. The van der Waals surface area contributed by atoms with Crippen LogP contribution in [0.4, 0.5) is 4.79 Å². The average molecular weight is 363 g/mol. The molecule has 140 valence electrons. The van der Waals surface area contributed by atoms with E-state index in [9.17, 15) is 19.2 Å². The summed E-state index contributed by atoms with van der Waals surface area (Å²) in [4.78, 5) is 46.7. The van der Waals surface area contributed by atoms with Gasteiger partial charge in [-0.3, -0.25) is 19.5 Å². The first-order chi connectivity index (χ1) is 12.2. The summed E-state index contributed by atoms with van der Waals surface area (Å²) in [7, 11) is 0. The highest BCUT2D eigenvalue weighted by Gasteiger charge is 2.17. The Morgan fingerprint density at radius 1 is 1.19 bits per heavy atom. The highest BCUT2D eigenvalue weighted by Crippen LogP contribution is 2.12. The van der Waals surface area contributed by atoms with Gasteiger partial charge in [0, 0.05) is 12.1 Å². The number of carbonyl (C=O) groups is 3. The number of amides is 3. The van der Waals surface area contributed by atoms with E-state index in [0.717, 1.165) is 0 Å². The monoisotopic (exact) mass is 363 g/mol. The van der Waals surface area contributed by atoms with Crippen molar-refractivity contribution in [2.24, 2.45) is 0 Å². The second-order valence-corrected chi connectivity index (χ2v) is 6.65. The van der Waals surface area contributed by atoms with Crippen molar-refractivity contribution < 1.29 is 23.5 Å². The number of fused-ring (bicyclic) bond motifs is 1. The summed E-state index contributed by atoms with van der Waals surface area (Å²) < 4.78 is 11.2.